The fourth-order valence-corrected chi connectivity index (χ4v) is 4.93. The van der Waals surface area contributed by atoms with Gasteiger partial charge in [0.25, 0.3) is 0 Å². The van der Waals surface area contributed by atoms with Gasteiger partial charge in [-0.3, -0.25) is 0 Å². The van der Waals surface area contributed by atoms with Crippen LogP contribution in [0.1, 0.15) is 11.1 Å². The van der Waals surface area contributed by atoms with Gasteiger partial charge in [-0.05, 0) is 23.8 Å². The lowest BCUT2D eigenvalue weighted by Crippen LogP contribution is -2.29. The highest BCUT2D eigenvalue weighted by atomic mass is 35.5. The van der Waals surface area contributed by atoms with Crippen LogP contribution in [0.5, 0.6) is 17.2 Å². The van der Waals surface area contributed by atoms with E-state index in [0.29, 0.717) is 39.5 Å². The van der Waals surface area contributed by atoms with Crippen molar-refractivity contribution in [3.63, 3.8) is 0 Å². The molecule has 0 spiro atoms. The number of sulfonamides is 1. The van der Waals surface area contributed by atoms with Crippen LogP contribution in [0.2, 0.25) is 5.15 Å². The third-order valence-electron chi connectivity index (χ3n) is 5.91. The van der Waals surface area contributed by atoms with E-state index in [9.17, 15) is 8.42 Å². The molecule has 2 aromatic carbocycles. The van der Waals surface area contributed by atoms with E-state index in [4.69, 9.17) is 25.8 Å². The molecule has 0 bridgehead atoms. The van der Waals surface area contributed by atoms with Gasteiger partial charge >= 0.3 is 0 Å². The van der Waals surface area contributed by atoms with Gasteiger partial charge in [0, 0.05) is 44.0 Å². The van der Waals surface area contributed by atoms with Crippen molar-refractivity contribution in [3.05, 3.63) is 64.9 Å². The summed E-state index contributed by atoms with van der Waals surface area (Å²) in [6.45, 7) is 0.249. The number of hydrogen-bond donors (Lipinski definition) is 1. The highest BCUT2D eigenvalue weighted by molar-refractivity contribution is 7.88. The van der Waals surface area contributed by atoms with E-state index in [1.807, 2.05) is 12.1 Å². The van der Waals surface area contributed by atoms with E-state index in [0.717, 1.165) is 16.5 Å². The number of nitrogens with one attached hydrogen (secondary N) is 1. The van der Waals surface area contributed by atoms with Crippen molar-refractivity contribution < 1.29 is 22.6 Å². The molecule has 0 aliphatic heterocycles. The van der Waals surface area contributed by atoms with Crippen molar-refractivity contribution in [1.29, 1.82) is 0 Å². The third kappa shape index (κ3) is 5.58. The quantitative estimate of drug-likeness (QED) is 0.297. The highest BCUT2D eigenvalue weighted by Gasteiger charge is 2.22. The Bertz CT molecular complexity index is 1540. The number of fused-ring (bicyclic) bond motifs is 1. The molecule has 4 aromatic rings. The van der Waals surface area contributed by atoms with E-state index in [1.54, 1.807) is 62.5 Å². The van der Waals surface area contributed by atoms with Crippen molar-refractivity contribution >= 4 is 38.3 Å². The van der Waals surface area contributed by atoms with E-state index >= 15 is 0 Å². The number of ether oxygens (including phenoxy) is 3. The second-order valence-electron chi connectivity index (χ2n) is 8.25. The minimum absolute atomic E-state index is 0.122. The molecule has 12 heteroatoms. The molecule has 4 rings (SSSR count). The Morgan fingerprint density at radius 2 is 1.76 bits per heavy atom. The Kier molecular flexibility index (Phi) is 7.76. The molecule has 2 aromatic heterocycles. The summed E-state index contributed by atoms with van der Waals surface area (Å²) < 4.78 is 44.9. The molecule has 0 aliphatic carbocycles. The van der Waals surface area contributed by atoms with Gasteiger partial charge in [0.05, 0.1) is 38.5 Å². The van der Waals surface area contributed by atoms with Crippen LogP contribution in [-0.2, 0) is 23.1 Å². The molecule has 0 unspecified atom stereocenters. The predicted octanol–water partition coefficient (Wildman–Crippen LogP) is 4.10. The second-order valence-corrected chi connectivity index (χ2v) is 10.6. The number of methoxy groups -OCH3 is 3. The Morgan fingerprint density at radius 1 is 1.00 bits per heavy atom. The minimum atomic E-state index is -3.56. The standard InChI is InChI=1S/C25H28ClN5O5S/c1-27-25-19-13-28-24(26)12-21(19)31(29-25)20-9-6-16(10-23(20)36-4)14-30(37(5,32)33)15-17-7-8-18(34-2)11-22(17)35-3/h6-13H,14-15H2,1-5H3,(H,27,29). The lowest BCUT2D eigenvalue weighted by Gasteiger charge is -2.22. The van der Waals surface area contributed by atoms with Gasteiger partial charge in [-0.1, -0.05) is 23.7 Å². The molecule has 0 saturated heterocycles. The average Bonchev–Trinajstić information content (AvgIpc) is 3.25. The summed E-state index contributed by atoms with van der Waals surface area (Å²) in [7, 11) is 2.87. The summed E-state index contributed by atoms with van der Waals surface area (Å²) in [4.78, 5) is 4.15. The van der Waals surface area contributed by atoms with Gasteiger partial charge < -0.3 is 19.5 Å². The van der Waals surface area contributed by atoms with Gasteiger partial charge in [0.15, 0.2) is 5.82 Å². The topological polar surface area (TPSA) is 108 Å². The number of benzene rings is 2. The van der Waals surface area contributed by atoms with E-state index in [1.165, 1.54) is 17.7 Å². The molecule has 0 saturated carbocycles. The van der Waals surface area contributed by atoms with Crippen LogP contribution in [0.4, 0.5) is 5.82 Å². The summed E-state index contributed by atoms with van der Waals surface area (Å²) in [5.41, 5.74) is 2.87. The van der Waals surface area contributed by atoms with Crippen LogP contribution in [0.15, 0.2) is 48.7 Å². The Morgan fingerprint density at radius 3 is 2.41 bits per heavy atom. The van der Waals surface area contributed by atoms with Gasteiger partial charge in [0.2, 0.25) is 10.0 Å². The molecule has 37 heavy (non-hydrogen) atoms. The predicted molar refractivity (Wildman–Crippen MR) is 144 cm³/mol. The van der Waals surface area contributed by atoms with Crippen molar-refractivity contribution in [2.45, 2.75) is 13.1 Å². The van der Waals surface area contributed by atoms with Crippen LogP contribution >= 0.6 is 11.6 Å². The summed E-state index contributed by atoms with van der Waals surface area (Å²) in [6, 6.07) is 12.5. The molecule has 0 aliphatic rings. The number of aromatic nitrogens is 3. The fourth-order valence-electron chi connectivity index (χ4n) is 4.02. The van der Waals surface area contributed by atoms with E-state index in [-0.39, 0.29) is 13.1 Å². The zero-order valence-electron chi connectivity index (χ0n) is 21.1. The first-order chi connectivity index (χ1) is 17.7. The van der Waals surface area contributed by atoms with Gasteiger partial charge in [-0.25, -0.2) is 18.1 Å². The summed E-state index contributed by atoms with van der Waals surface area (Å²) in [5, 5.41) is 8.84. The second kappa shape index (κ2) is 10.8. The van der Waals surface area contributed by atoms with Crippen LogP contribution in [0, 0.1) is 0 Å². The molecule has 10 nitrogen and oxygen atoms in total. The van der Waals surface area contributed by atoms with E-state index < -0.39 is 10.0 Å². The van der Waals surface area contributed by atoms with Gasteiger partial charge in [0.1, 0.15) is 28.1 Å². The fraction of sp³-hybridized carbons (Fsp3) is 0.280. The maximum absolute atomic E-state index is 12.7. The molecular weight excluding hydrogens is 518 g/mol. The van der Waals surface area contributed by atoms with Crippen LogP contribution in [0.3, 0.4) is 0 Å². The smallest absolute Gasteiger partial charge is 0.211 e. The molecule has 196 valence electrons. The maximum Gasteiger partial charge on any atom is 0.211 e. The lowest BCUT2D eigenvalue weighted by atomic mass is 10.1. The van der Waals surface area contributed by atoms with Gasteiger partial charge in [-0.15, -0.1) is 5.10 Å². The van der Waals surface area contributed by atoms with E-state index in [2.05, 4.69) is 15.4 Å². The van der Waals surface area contributed by atoms with Crippen molar-refractivity contribution in [1.82, 2.24) is 19.1 Å². The largest absolute Gasteiger partial charge is 0.497 e. The minimum Gasteiger partial charge on any atom is -0.497 e. The van der Waals surface area contributed by atoms with Crippen molar-refractivity contribution in [2.75, 3.05) is 39.9 Å². The normalized spacial score (nSPS) is 11.6. The SMILES string of the molecule is CNc1nn(-c2ccc(CN(Cc3ccc(OC)cc3OC)S(C)(=O)=O)cc2OC)c2cc(Cl)ncc12. The molecule has 0 atom stereocenters. The molecule has 0 radical (unpaired) electrons. The molecule has 2 heterocycles. The molecule has 0 amide bonds. The van der Waals surface area contributed by atoms with Crippen molar-refractivity contribution in [2.24, 2.45) is 0 Å². The van der Waals surface area contributed by atoms with Crippen LogP contribution < -0.4 is 19.5 Å². The van der Waals surface area contributed by atoms with Crippen LogP contribution in [-0.4, -0.2) is 62.1 Å². The Balaban J connectivity index is 1.70. The highest BCUT2D eigenvalue weighted by Crippen LogP contribution is 2.32. The zero-order chi connectivity index (χ0) is 26.7. The average molecular weight is 546 g/mol. The maximum atomic E-state index is 12.7. The monoisotopic (exact) mass is 545 g/mol. The summed E-state index contributed by atoms with van der Waals surface area (Å²) in [5.74, 6) is 2.33. The molecule has 1 N–H and O–H groups in total. The number of halogens is 1. The van der Waals surface area contributed by atoms with Crippen molar-refractivity contribution in [3.8, 4) is 22.9 Å². The first kappa shape index (κ1) is 26.5. The number of pyridine rings is 1. The molecule has 0 fully saturated rings. The Labute approximate surface area is 220 Å². The number of anilines is 1. The number of rotatable bonds is 10. The number of hydrogen-bond acceptors (Lipinski definition) is 8. The lowest BCUT2D eigenvalue weighted by molar-refractivity contribution is 0.370. The summed E-state index contributed by atoms with van der Waals surface area (Å²) in [6.07, 6.45) is 2.84. The summed E-state index contributed by atoms with van der Waals surface area (Å²) >= 11 is 6.15. The molecular formula is C25H28ClN5O5S. The third-order valence-corrected chi connectivity index (χ3v) is 7.31. The van der Waals surface area contributed by atoms with Crippen LogP contribution in [0.25, 0.3) is 16.6 Å². The Hall–Kier alpha value is -3.54. The zero-order valence-corrected chi connectivity index (χ0v) is 22.7. The number of nitrogens with zero attached hydrogens (tertiary/aromatic N) is 4. The first-order valence-corrected chi connectivity index (χ1v) is 13.5. The first-order valence-electron chi connectivity index (χ1n) is 11.2. The van der Waals surface area contributed by atoms with Gasteiger partial charge in [-0.2, -0.15) is 4.31 Å².